The lowest BCUT2D eigenvalue weighted by Crippen LogP contribution is -2.28. The van der Waals surface area contributed by atoms with Crippen LogP contribution in [0, 0.1) is 0 Å². The first-order valence-corrected chi connectivity index (χ1v) is 5.01. The van der Waals surface area contributed by atoms with Crippen LogP contribution in [0.25, 0.3) is 0 Å². The van der Waals surface area contributed by atoms with Gasteiger partial charge in [0.2, 0.25) is 5.91 Å². The first-order valence-electron chi connectivity index (χ1n) is 5.01. The van der Waals surface area contributed by atoms with E-state index in [1.807, 2.05) is 0 Å². The second-order valence-electron chi connectivity index (χ2n) is 3.47. The van der Waals surface area contributed by atoms with Crippen molar-refractivity contribution in [3.8, 4) is 0 Å². The summed E-state index contributed by atoms with van der Waals surface area (Å²) in [6, 6.07) is 0. The van der Waals surface area contributed by atoms with Gasteiger partial charge in [0.25, 0.3) is 0 Å². The summed E-state index contributed by atoms with van der Waals surface area (Å²) in [6.45, 7) is 3.86. The van der Waals surface area contributed by atoms with Gasteiger partial charge in [0, 0.05) is 17.7 Å². The Labute approximate surface area is 88.7 Å². The van der Waals surface area contributed by atoms with Crippen LogP contribution in [-0.4, -0.2) is 23.5 Å². The van der Waals surface area contributed by atoms with Gasteiger partial charge in [-0.1, -0.05) is 6.08 Å². The van der Waals surface area contributed by atoms with Crippen LogP contribution in [0.1, 0.15) is 25.7 Å². The highest BCUT2D eigenvalue weighted by Gasteiger charge is 2.22. The highest BCUT2D eigenvalue weighted by molar-refractivity contribution is 6.02. The van der Waals surface area contributed by atoms with E-state index in [0.717, 1.165) is 12.8 Å². The molecule has 2 N–H and O–H groups in total. The van der Waals surface area contributed by atoms with Gasteiger partial charge in [-0.25, -0.2) is 4.79 Å². The molecule has 0 heterocycles. The summed E-state index contributed by atoms with van der Waals surface area (Å²) in [5, 5.41) is 11.5. The maximum atomic E-state index is 11.6. The normalized spacial score (nSPS) is 16.0. The van der Waals surface area contributed by atoms with E-state index in [4.69, 9.17) is 5.11 Å². The van der Waals surface area contributed by atoms with E-state index in [9.17, 15) is 9.59 Å². The molecule has 0 bridgehead atoms. The Hall–Kier alpha value is -1.58. The van der Waals surface area contributed by atoms with Crippen molar-refractivity contribution in [2.45, 2.75) is 25.7 Å². The predicted molar refractivity (Wildman–Crippen MR) is 56.3 cm³/mol. The van der Waals surface area contributed by atoms with E-state index in [1.54, 1.807) is 6.08 Å². The fourth-order valence-electron chi connectivity index (χ4n) is 1.66. The van der Waals surface area contributed by atoms with Crippen LogP contribution in [-0.2, 0) is 9.59 Å². The Balaban J connectivity index is 2.81. The molecule has 0 aromatic carbocycles. The minimum Gasteiger partial charge on any atom is -0.478 e. The lowest BCUT2D eigenvalue weighted by molar-refractivity contribution is -0.133. The van der Waals surface area contributed by atoms with E-state index < -0.39 is 5.97 Å². The zero-order chi connectivity index (χ0) is 11.3. The summed E-state index contributed by atoms with van der Waals surface area (Å²) in [5.74, 6) is -1.24. The van der Waals surface area contributed by atoms with E-state index in [2.05, 4.69) is 11.9 Å². The van der Waals surface area contributed by atoms with E-state index in [0.29, 0.717) is 25.0 Å². The molecule has 1 amide bonds. The van der Waals surface area contributed by atoms with Gasteiger partial charge in [-0.2, -0.15) is 0 Å². The summed E-state index contributed by atoms with van der Waals surface area (Å²) >= 11 is 0. The van der Waals surface area contributed by atoms with Gasteiger partial charge >= 0.3 is 5.97 Å². The summed E-state index contributed by atoms with van der Waals surface area (Å²) < 4.78 is 0. The Morgan fingerprint density at radius 1 is 1.33 bits per heavy atom. The lowest BCUT2D eigenvalue weighted by atomic mass is 9.91. The number of carboxylic acids is 1. The number of nitrogens with one attached hydrogen (secondary N) is 1. The summed E-state index contributed by atoms with van der Waals surface area (Å²) in [6.07, 6.45) is 4.35. The minimum atomic E-state index is -0.974. The largest absolute Gasteiger partial charge is 0.478 e. The number of aliphatic carboxylic acids is 1. The van der Waals surface area contributed by atoms with Crippen molar-refractivity contribution in [2.75, 3.05) is 6.54 Å². The SMILES string of the molecule is C=CCNC(=O)C1=C(C(=O)O)CCCC1. The molecule has 15 heavy (non-hydrogen) atoms. The van der Waals surface area contributed by atoms with Crippen molar-refractivity contribution in [2.24, 2.45) is 0 Å². The molecule has 0 saturated heterocycles. The lowest BCUT2D eigenvalue weighted by Gasteiger charge is -2.16. The van der Waals surface area contributed by atoms with Crippen LogP contribution < -0.4 is 5.32 Å². The second-order valence-corrected chi connectivity index (χ2v) is 3.47. The standard InChI is InChI=1S/C11H15NO3/c1-2-7-12-10(13)8-5-3-4-6-9(8)11(14)15/h2H,1,3-7H2,(H,12,13)(H,14,15). The molecule has 4 nitrogen and oxygen atoms in total. The van der Waals surface area contributed by atoms with Crippen LogP contribution in [0.15, 0.2) is 23.8 Å². The van der Waals surface area contributed by atoms with Gasteiger partial charge in [-0.15, -0.1) is 6.58 Å². The van der Waals surface area contributed by atoms with Crippen molar-refractivity contribution < 1.29 is 14.7 Å². The van der Waals surface area contributed by atoms with Crippen molar-refractivity contribution in [1.82, 2.24) is 5.32 Å². The third-order valence-corrected chi connectivity index (χ3v) is 2.41. The number of carboxylic acid groups (broad SMARTS) is 1. The zero-order valence-electron chi connectivity index (χ0n) is 8.58. The van der Waals surface area contributed by atoms with Crippen LogP contribution in [0.4, 0.5) is 0 Å². The molecule has 0 radical (unpaired) electrons. The summed E-state index contributed by atoms with van der Waals surface area (Å²) in [4.78, 5) is 22.5. The number of carbonyl (C=O) groups is 2. The topological polar surface area (TPSA) is 66.4 Å². The highest BCUT2D eigenvalue weighted by atomic mass is 16.4. The maximum absolute atomic E-state index is 11.6. The van der Waals surface area contributed by atoms with Crippen LogP contribution >= 0.6 is 0 Å². The van der Waals surface area contributed by atoms with Crippen molar-refractivity contribution in [1.29, 1.82) is 0 Å². The minimum absolute atomic E-state index is 0.266. The average Bonchev–Trinajstić information content (AvgIpc) is 2.25. The zero-order valence-corrected chi connectivity index (χ0v) is 8.58. The molecule has 1 aliphatic rings. The van der Waals surface area contributed by atoms with Gasteiger partial charge in [-0.3, -0.25) is 4.79 Å². The fraction of sp³-hybridized carbons (Fsp3) is 0.455. The van der Waals surface area contributed by atoms with Crippen molar-refractivity contribution in [3.05, 3.63) is 23.8 Å². The first kappa shape index (κ1) is 11.5. The molecule has 1 aliphatic carbocycles. The molecular formula is C11H15NO3. The molecule has 4 heteroatoms. The maximum Gasteiger partial charge on any atom is 0.332 e. The van der Waals surface area contributed by atoms with E-state index in [1.165, 1.54) is 0 Å². The molecule has 0 unspecified atom stereocenters. The predicted octanol–water partition coefficient (Wildman–Crippen LogP) is 1.24. The molecule has 1 rings (SSSR count). The quantitative estimate of drug-likeness (QED) is 0.685. The first-order chi connectivity index (χ1) is 7.16. The van der Waals surface area contributed by atoms with Gasteiger partial charge < -0.3 is 10.4 Å². The van der Waals surface area contributed by atoms with Crippen LogP contribution in [0.3, 0.4) is 0 Å². The molecule has 0 saturated carbocycles. The van der Waals surface area contributed by atoms with Gasteiger partial charge in [0.05, 0.1) is 0 Å². The monoisotopic (exact) mass is 209 g/mol. The highest BCUT2D eigenvalue weighted by Crippen LogP contribution is 2.24. The van der Waals surface area contributed by atoms with Crippen LogP contribution in [0.2, 0.25) is 0 Å². The Bertz CT molecular complexity index is 318. The molecule has 0 spiro atoms. The van der Waals surface area contributed by atoms with Gasteiger partial charge in [0.15, 0.2) is 0 Å². The number of hydrogen-bond donors (Lipinski definition) is 2. The average molecular weight is 209 g/mol. The number of amides is 1. The van der Waals surface area contributed by atoms with Crippen LogP contribution in [0.5, 0.6) is 0 Å². The van der Waals surface area contributed by atoms with E-state index in [-0.39, 0.29) is 11.5 Å². The van der Waals surface area contributed by atoms with E-state index >= 15 is 0 Å². The van der Waals surface area contributed by atoms with Crippen molar-refractivity contribution >= 4 is 11.9 Å². The Morgan fingerprint density at radius 3 is 2.47 bits per heavy atom. The number of carbonyl (C=O) groups excluding carboxylic acids is 1. The van der Waals surface area contributed by atoms with Crippen molar-refractivity contribution in [3.63, 3.8) is 0 Å². The van der Waals surface area contributed by atoms with Gasteiger partial charge in [0.1, 0.15) is 0 Å². The number of hydrogen-bond acceptors (Lipinski definition) is 2. The molecule has 0 aromatic rings. The molecular weight excluding hydrogens is 194 g/mol. The van der Waals surface area contributed by atoms with Gasteiger partial charge in [-0.05, 0) is 25.7 Å². The molecule has 0 aliphatic heterocycles. The summed E-state index contributed by atoms with van der Waals surface area (Å²) in [7, 11) is 0. The third kappa shape index (κ3) is 2.94. The third-order valence-electron chi connectivity index (χ3n) is 2.41. The summed E-state index contributed by atoms with van der Waals surface area (Å²) in [5.41, 5.74) is 0.693. The molecule has 0 atom stereocenters. The molecule has 0 fully saturated rings. The smallest absolute Gasteiger partial charge is 0.332 e. The molecule has 0 aromatic heterocycles. The molecule has 82 valence electrons. The Kier molecular flexibility index (Phi) is 4.09. The Morgan fingerprint density at radius 2 is 1.93 bits per heavy atom. The number of rotatable bonds is 4. The fourth-order valence-corrected chi connectivity index (χ4v) is 1.66. The second kappa shape index (κ2) is 5.34.